The summed E-state index contributed by atoms with van der Waals surface area (Å²) in [6.07, 6.45) is 0. The smallest absolute Gasteiger partial charge is 0.163 e. The van der Waals surface area contributed by atoms with Crippen molar-refractivity contribution in [3.8, 4) is 28.5 Å². The average molecular weight is 375 g/mol. The van der Waals surface area contributed by atoms with Gasteiger partial charge in [-0.1, -0.05) is 42.5 Å². The first-order valence-electron chi connectivity index (χ1n) is 8.79. The molecule has 4 nitrogen and oxygen atoms in total. The van der Waals surface area contributed by atoms with Crippen molar-refractivity contribution in [2.75, 3.05) is 7.11 Å². The monoisotopic (exact) mass is 375 g/mol. The Balaban J connectivity index is 1.77. The number of fused-ring (bicyclic) bond motifs is 1. The van der Waals surface area contributed by atoms with Gasteiger partial charge in [0.25, 0.3) is 0 Å². The van der Waals surface area contributed by atoms with E-state index in [-0.39, 0.29) is 5.75 Å². The van der Waals surface area contributed by atoms with Crippen molar-refractivity contribution >= 4 is 10.9 Å². The normalized spacial score (nSPS) is 10.8. The standard InChI is InChI=1S/C23H18FNO3/c1-27-22-11-17-20(13-23(22)28-14-15-7-3-2-4-8-15)25-19(12-21(17)26)16-9-5-6-10-18(16)24/h2-13H,14H2,1H3,(H,25,26). The molecule has 1 N–H and O–H groups in total. The molecule has 3 aromatic carbocycles. The van der Waals surface area contributed by atoms with Gasteiger partial charge in [0.15, 0.2) is 11.5 Å². The molecule has 140 valence electrons. The van der Waals surface area contributed by atoms with Crippen LogP contribution < -0.4 is 9.47 Å². The summed E-state index contributed by atoms with van der Waals surface area (Å²) in [6.45, 7) is 0.363. The summed E-state index contributed by atoms with van der Waals surface area (Å²) in [5.74, 6) is 0.578. The molecule has 4 rings (SSSR count). The highest BCUT2D eigenvalue weighted by molar-refractivity contribution is 5.90. The van der Waals surface area contributed by atoms with E-state index in [0.29, 0.717) is 40.3 Å². The van der Waals surface area contributed by atoms with Crippen LogP contribution in [0.25, 0.3) is 22.2 Å². The van der Waals surface area contributed by atoms with Crippen molar-refractivity contribution < 1.29 is 19.0 Å². The lowest BCUT2D eigenvalue weighted by Gasteiger charge is -2.13. The number of hydrogen-bond acceptors (Lipinski definition) is 4. The molecular formula is C23H18FNO3. The fourth-order valence-electron chi connectivity index (χ4n) is 3.03. The summed E-state index contributed by atoms with van der Waals surface area (Å²) in [7, 11) is 1.54. The first kappa shape index (κ1) is 17.8. The van der Waals surface area contributed by atoms with Gasteiger partial charge in [0.05, 0.1) is 18.3 Å². The molecule has 0 saturated heterocycles. The number of ether oxygens (including phenoxy) is 2. The van der Waals surface area contributed by atoms with E-state index < -0.39 is 5.82 Å². The van der Waals surface area contributed by atoms with Gasteiger partial charge in [-0.2, -0.15) is 0 Å². The fraction of sp³-hybridized carbons (Fsp3) is 0.0870. The van der Waals surface area contributed by atoms with E-state index in [1.165, 1.54) is 19.2 Å². The summed E-state index contributed by atoms with van der Waals surface area (Å²) in [4.78, 5) is 4.52. The number of methoxy groups -OCH3 is 1. The van der Waals surface area contributed by atoms with E-state index in [1.807, 2.05) is 30.3 Å². The number of rotatable bonds is 5. The first-order valence-corrected chi connectivity index (χ1v) is 8.79. The SMILES string of the molecule is COc1cc2c(O)cc(-c3ccccc3F)nc2cc1OCc1ccccc1. The molecule has 0 amide bonds. The topological polar surface area (TPSA) is 51.6 Å². The second-order valence-corrected chi connectivity index (χ2v) is 6.30. The minimum atomic E-state index is -0.400. The number of benzene rings is 3. The lowest BCUT2D eigenvalue weighted by Crippen LogP contribution is -1.98. The lowest BCUT2D eigenvalue weighted by molar-refractivity contribution is 0.285. The summed E-state index contributed by atoms with van der Waals surface area (Å²) in [5, 5.41) is 11.0. The van der Waals surface area contributed by atoms with Crippen LogP contribution in [0.1, 0.15) is 5.56 Å². The van der Waals surface area contributed by atoms with Gasteiger partial charge in [-0.3, -0.25) is 0 Å². The quantitative estimate of drug-likeness (QED) is 0.512. The number of nitrogens with zero attached hydrogens (tertiary/aromatic N) is 1. The molecule has 1 aromatic heterocycles. The lowest BCUT2D eigenvalue weighted by atomic mass is 10.1. The van der Waals surface area contributed by atoms with Gasteiger partial charge < -0.3 is 14.6 Å². The van der Waals surface area contributed by atoms with Crippen LogP contribution in [0.4, 0.5) is 4.39 Å². The van der Waals surface area contributed by atoms with Gasteiger partial charge in [0, 0.05) is 23.1 Å². The van der Waals surface area contributed by atoms with Gasteiger partial charge in [-0.15, -0.1) is 0 Å². The first-order chi connectivity index (χ1) is 13.7. The minimum absolute atomic E-state index is 0.00355. The van der Waals surface area contributed by atoms with Crippen molar-refractivity contribution in [1.82, 2.24) is 4.98 Å². The zero-order valence-corrected chi connectivity index (χ0v) is 15.2. The third kappa shape index (κ3) is 3.47. The van der Waals surface area contributed by atoms with Crippen LogP contribution in [0.15, 0.2) is 72.8 Å². The highest BCUT2D eigenvalue weighted by Crippen LogP contribution is 2.37. The Kier molecular flexibility index (Phi) is 4.81. The maximum absolute atomic E-state index is 14.1. The van der Waals surface area contributed by atoms with Crippen LogP contribution in [0.3, 0.4) is 0 Å². The number of aromatic hydroxyl groups is 1. The second kappa shape index (κ2) is 7.56. The molecule has 0 unspecified atom stereocenters. The van der Waals surface area contributed by atoms with Gasteiger partial charge in [0.2, 0.25) is 0 Å². The van der Waals surface area contributed by atoms with Crippen LogP contribution in [0, 0.1) is 5.82 Å². The van der Waals surface area contributed by atoms with E-state index in [4.69, 9.17) is 9.47 Å². The number of hydrogen-bond donors (Lipinski definition) is 1. The van der Waals surface area contributed by atoms with Crippen LogP contribution >= 0.6 is 0 Å². The Bertz CT molecular complexity index is 1130. The maximum Gasteiger partial charge on any atom is 0.163 e. The molecule has 0 bridgehead atoms. The molecule has 0 saturated carbocycles. The summed E-state index contributed by atoms with van der Waals surface area (Å²) >= 11 is 0. The largest absolute Gasteiger partial charge is 0.507 e. The summed E-state index contributed by atoms with van der Waals surface area (Å²) < 4.78 is 25.5. The van der Waals surface area contributed by atoms with E-state index in [9.17, 15) is 9.50 Å². The Labute approximate surface area is 161 Å². The third-order valence-electron chi connectivity index (χ3n) is 4.46. The van der Waals surface area contributed by atoms with Crippen molar-refractivity contribution in [2.24, 2.45) is 0 Å². The Morgan fingerprint density at radius 2 is 1.68 bits per heavy atom. The zero-order valence-electron chi connectivity index (χ0n) is 15.2. The molecule has 0 atom stereocenters. The maximum atomic E-state index is 14.1. The van der Waals surface area contributed by atoms with E-state index in [0.717, 1.165) is 5.56 Å². The predicted molar refractivity (Wildman–Crippen MR) is 106 cm³/mol. The summed E-state index contributed by atoms with van der Waals surface area (Å²) in [6, 6.07) is 20.9. The Morgan fingerprint density at radius 3 is 2.43 bits per heavy atom. The second-order valence-electron chi connectivity index (χ2n) is 6.30. The highest BCUT2D eigenvalue weighted by Gasteiger charge is 2.14. The Morgan fingerprint density at radius 1 is 0.929 bits per heavy atom. The zero-order chi connectivity index (χ0) is 19.5. The van der Waals surface area contributed by atoms with Crippen LogP contribution in [0.2, 0.25) is 0 Å². The van der Waals surface area contributed by atoms with Gasteiger partial charge in [-0.25, -0.2) is 9.37 Å². The minimum Gasteiger partial charge on any atom is -0.507 e. The van der Waals surface area contributed by atoms with E-state index in [2.05, 4.69) is 4.98 Å². The van der Waals surface area contributed by atoms with Crippen LogP contribution in [-0.4, -0.2) is 17.2 Å². The van der Waals surface area contributed by atoms with Gasteiger partial charge in [-0.05, 0) is 23.8 Å². The molecular weight excluding hydrogens is 357 g/mol. The van der Waals surface area contributed by atoms with Gasteiger partial charge >= 0.3 is 0 Å². The predicted octanol–water partition coefficient (Wildman–Crippen LogP) is 5.33. The third-order valence-corrected chi connectivity index (χ3v) is 4.46. The van der Waals surface area contributed by atoms with E-state index >= 15 is 0 Å². The molecule has 4 aromatic rings. The van der Waals surface area contributed by atoms with E-state index in [1.54, 1.807) is 30.3 Å². The molecule has 0 aliphatic rings. The molecule has 0 aliphatic carbocycles. The van der Waals surface area contributed by atoms with Crippen LogP contribution in [-0.2, 0) is 6.61 Å². The van der Waals surface area contributed by atoms with Crippen molar-refractivity contribution in [3.63, 3.8) is 0 Å². The van der Waals surface area contributed by atoms with Crippen molar-refractivity contribution in [1.29, 1.82) is 0 Å². The van der Waals surface area contributed by atoms with Gasteiger partial charge in [0.1, 0.15) is 18.2 Å². The highest BCUT2D eigenvalue weighted by atomic mass is 19.1. The Hall–Kier alpha value is -3.60. The van der Waals surface area contributed by atoms with Crippen molar-refractivity contribution in [3.05, 3.63) is 84.2 Å². The molecule has 28 heavy (non-hydrogen) atoms. The summed E-state index contributed by atoms with van der Waals surface area (Å²) in [5.41, 5.74) is 2.17. The fourth-order valence-corrected chi connectivity index (χ4v) is 3.03. The molecule has 5 heteroatoms. The number of halogens is 1. The molecule has 0 radical (unpaired) electrons. The van der Waals surface area contributed by atoms with Crippen LogP contribution in [0.5, 0.6) is 17.2 Å². The number of aromatic nitrogens is 1. The molecule has 1 heterocycles. The molecule has 0 fully saturated rings. The van der Waals surface area contributed by atoms with Crippen molar-refractivity contribution in [2.45, 2.75) is 6.61 Å². The molecule has 0 spiro atoms. The molecule has 0 aliphatic heterocycles. The average Bonchev–Trinajstić information content (AvgIpc) is 2.72. The number of pyridine rings is 1.